The molecule has 2 nitrogen and oxygen atoms in total. The minimum Gasteiger partial charge on any atom is -0.398 e. The molecule has 1 aromatic rings. The van der Waals surface area contributed by atoms with E-state index in [4.69, 9.17) is 5.73 Å². The molecule has 1 rings (SSSR count). The highest BCUT2D eigenvalue weighted by atomic mass is 15.2. The summed E-state index contributed by atoms with van der Waals surface area (Å²) >= 11 is 0. The average molecular weight is 248 g/mol. The van der Waals surface area contributed by atoms with Gasteiger partial charge in [-0.1, -0.05) is 33.8 Å². The Morgan fingerprint density at radius 1 is 1.17 bits per heavy atom. The largest absolute Gasteiger partial charge is 0.398 e. The van der Waals surface area contributed by atoms with Crippen molar-refractivity contribution in [2.75, 3.05) is 17.2 Å². The van der Waals surface area contributed by atoms with Gasteiger partial charge >= 0.3 is 0 Å². The number of aryl methyl sites for hydroxylation is 1. The van der Waals surface area contributed by atoms with Gasteiger partial charge in [-0.25, -0.2) is 0 Å². The minimum atomic E-state index is 0.606. The number of rotatable bonds is 6. The number of nitrogens with zero attached hydrogens (tertiary/aromatic N) is 1. The summed E-state index contributed by atoms with van der Waals surface area (Å²) in [4.78, 5) is 2.51. The van der Waals surface area contributed by atoms with Gasteiger partial charge in [0.05, 0.1) is 0 Å². The van der Waals surface area contributed by atoms with Gasteiger partial charge in [-0.05, 0) is 43.4 Å². The summed E-state index contributed by atoms with van der Waals surface area (Å²) in [5, 5.41) is 0. The van der Waals surface area contributed by atoms with Gasteiger partial charge in [0.15, 0.2) is 0 Å². The molecule has 0 unspecified atom stereocenters. The molecule has 0 amide bonds. The molecule has 0 saturated carbocycles. The fourth-order valence-corrected chi connectivity index (χ4v) is 2.39. The van der Waals surface area contributed by atoms with Crippen LogP contribution in [-0.2, 0) is 0 Å². The maximum absolute atomic E-state index is 6.05. The molecule has 0 atom stereocenters. The Hall–Kier alpha value is -1.18. The summed E-state index contributed by atoms with van der Waals surface area (Å²) < 4.78 is 0. The molecule has 18 heavy (non-hydrogen) atoms. The molecule has 102 valence electrons. The van der Waals surface area contributed by atoms with Crippen molar-refractivity contribution < 1.29 is 0 Å². The van der Waals surface area contributed by atoms with Crippen LogP contribution < -0.4 is 10.6 Å². The van der Waals surface area contributed by atoms with Crippen molar-refractivity contribution in [3.05, 3.63) is 23.8 Å². The Balaban J connectivity index is 3.04. The number of hydrogen-bond acceptors (Lipinski definition) is 2. The third-order valence-corrected chi connectivity index (χ3v) is 3.54. The Labute approximate surface area is 112 Å². The van der Waals surface area contributed by atoms with Crippen molar-refractivity contribution in [2.24, 2.45) is 5.92 Å². The molecule has 0 spiro atoms. The quantitative estimate of drug-likeness (QED) is 0.763. The first kappa shape index (κ1) is 14.9. The van der Waals surface area contributed by atoms with Gasteiger partial charge in [-0.2, -0.15) is 0 Å². The first-order chi connectivity index (χ1) is 8.49. The summed E-state index contributed by atoms with van der Waals surface area (Å²) in [5.41, 5.74) is 9.37. The normalized spacial score (nSPS) is 11.3. The fourth-order valence-electron chi connectivity index (χ4n) is 2.39. The van der Waals surface area contributed by atoms with E-state index in [1.165, 1.54) is 18.5 Å². The van der Waals surface area contributed by atoms with Crippen LogP contribution in [-0.4, -0.2) is 12.6 Å². The third-order valence-electron chi connectivity index (χ3n) is 3.54. The van der Waals surface area contributed by atoms with Crippen molar-refractivity contribution in [2.45, 2.75) is 53.5 Å². The van der Waals surface area contributed by atoms with Crippen molar-refractivity contribution in [3.8, 4) is 0 Å². The molecule has 0 bridgehead atoms. The van der Waals surface area contributed by atoms with Crippen molar-refractivity contribution >= 4 is 11.4 Å². The first-order valence-electron chi connectivity index (χ1n) is 7.12. The van der Waals surface area contributed by atoms with E-state index in [1.54, 1.807) is 0 Å². The summed E-state index contributed by atoms with van der Waals surface area (Å²) in [7, 11) is 0. The van der Waals surface area contributed by atoms with Crippen molar-refractivity contribution in [1.29, 1.82) is 0 Å². The van der Waals surface area contributed by atoms with E-state index < -0.39 is 0 Å². The van der Waals surface area contributed by atoms with Crippen molar-refractivity contribution in [3.63, 3.8) is 0 Å². The molecule has 2 heteroatoms. The second-order valence-corrected chi connectivity index (χ2v) is 5.56. The highest BCUT2D eigenvalue weighted by Crippen LogP contribution is 2.25. The zero-order valence-electron chi connectivity index (χ0n) is 12.5. The zero-order valence-corrected chi connectivity index (χ0v) is 12.5. The molecule has 0 aliphatic carbocycles. The number of nitrogens with two attached hydrogens (primary N) is 1. The van der Waals surface area contributed by atoms with E-state index in [0.717, 1.165) is 17.8 Å². The van der Waals surface area contributed by atoms with E-state index in [0.29, 0.717) is 12.0 Å². The lowest BCUT2D eigenvalue weighted by molar-refractivity contribution is 0.507. The molecule has 1 aromatic carbocycles. The summed E-state index contributed by atoms with van der Waals surface area (Å²) in [6.45, 7) is 12.2. The van der Waals surface area contributed by atoms with Gasteiger partial charge in [-0.3, -0.25) is 0 Å². The van der Waals surface area contributed by atoms with Crippen LogP contribution >= 0.6 is 0 Å². The van der Waals surface area contributed by atoms with Gasteiger partial charge in [0.1, 0.15) is 0 Å². The minimum absolute atomic E-state index is 0.606. The Bertz CT molecular complexity index is 367. The van der Waals surface area contributed by atoms with Gasteiger partial charge in [0.2, 0.25) is 0 Å². The van der Waals surface area contributed by atoms with Crippen LogP contribution in [0.4, 0.5) is 11.4 Å². The number of benzene rings is 1. The van der Waals surface area contributed by atoms with E-state index in [-0.39, 0.29) is 0 Å². The molecule has 0 aliphatic rings. The monoisotopic (exact) mass is 248 g/mol. The third kappa shape index (κ3) is 3.66. The van der Waals surface area contributed by atoms with Crippen LogP contribution in [0.5, 0.6) is 0 Å². The first-order valence-corrected chi connectivity index (χ1v) is 7.12. The summed E-state index contributed by atoms with van der Waals surface area (Å²) in [5.74, 6) is 0.660. The lowest BCUT2D eigenvalue weighted by atomic mass is 10.1. The Morgan fingerprint density at radius 2 is 1.78 bits per heavy atom. The topological polar surface area (TPSA) is 29.3 Å². The number of anilines is 2. The van der Waals surface area contributed by atoms with Crippen LogP contribution in [0.25, 0.3) is 0 Å². The molecular formula is C16H28N2. The van der Waals surface area contributed by atoms with E-state index in [9.17, 15) is 0 Å². The van der Waals surface area contributed by atoms with E-state index in [2.05, 4.69) is 57.7 Å². The Kier molecular flexibility index (Phi) is 5.52. The smallest absolute Gasteiger partial charge is 0.0389 e. The highest BCUT2D eigenvalue weighted by molar-refractivity contribution is 5.60. The second-order valence-electron chi connectivity index (χ2n) is 5.56. The molecule has 0 fully saturated rings. The van der Waals surface area contributed by atoms with E-state index in [1.807, 2.05) is 0 Å². The van der Waals surface area contributed by atoms with Gasteiger partial charge in [0.25, 0.3) is 0 Å². The molecule has 0 aliphatic heterocycles. The molecular weight excluding hydrogens is 220 g/mol. The van der Waals surface area contributed by atoms with Crippen LogP contribution in [0.15, 0.2) is 18.2 Å². The predicted octanol–water partition coefficient (Wildman–Crippen LogP) is 4.23. The molecule has 0 radical (unpaired) electrons. The second kappa shape index (κ2) is 6.67. The summed E-state index contributed by atoms with van der Waals surface area (Å²) in [6, 6.07) is 7.05. The fraction of sp³-hybridized carbons (Fsp3) is 0.625. The number of nitrogen functional groups attached to an aromatic ring is 1. The predicted molar refractivity (Wildman–Crippen MR) is 82.1 cm³/mol. The highest BCUT2D eigenvalue weighted by Gasteiger charge is 2.17. The average Bonchev–Trinajstić information content (AvgIpc) is 2.32. The molecule has 0 heterocycles. The molecule has 2 N–H and O–H groups in total. The lowest BCUT2D eigenvalue weighted by Gasteiger charge is -2.34. The lowest BCUT2D eigenvalue weighted by Crippen LogP contribution is -2.37. The van der Waals surface area contributed by atoms with Crippen LogP contribution in [0, 0.1) is 12.8 Å². The summed E-state index contributed by atoms with van der Waals surface area (Å²) in [6.07, 6.45) is 2.36. The van der Waals surface area contributed by atoms with Crippen LogP contribution in [0.3, 0.4) is 0 Å². The van der Waals surface area contributed by atoms with Gasteiger partial charge in [-0.15, -0.1) is 0 Å². The zero-order chi connectivity index (χ0) is 13.7. The Morgan fingerprint density at radius 3 is 2.22 bits per heavy atom. The van der Waals surface area contributed by atoms with Crippen LogP contribution in [0.1, 0.15) is 46.1 Å². The van der Waals surface area contributed by atoms with Crippen molar-refractivity contribution in [1.82, 2.24) is 0 Å². The standard InChI is InChI=1S/C16H28N2/c1-6-14(7-2)18(11-12(3)4)15-9-8-13(5)16(17)10-15/h8-10,12,14H,6-7,11,17H2,1-5H3. The van der Waals surface area contributed by atoms with E-state index >= 15 is 0 Å². The maximum Gasteiger partial charge on any atom is 0.0389 e. The number of hydrogen-bond donors (Lipinski definition) is 1. The molecule has 0 aromatic heterocycles. The van der Waals surface area contributed by atoms with Gasteiger partial charge < -0.3 is 10.6 Å². The molecule has 0 saturated heterocycles. The van der Waals surface area contributed by atoms with Gasteiger partial charge in [0, 0.05) is 24.0 Å². The maximum atomic E-state index is 6.05. The van der Waals surface area contributed by atoms with Crippen LogP contribution in [0.2, 0.25) is 0 Å². The SMILES string of the molecule is CCC(CC)N(CC(C)C)c1ccc(C)c(N)c1.